The molecule has 0 unspecified atom stereocenters. The average Bonchev–Trinajstić information content (AvgIpc) is 2.59. The Labute approximate surface area is 179 Å². The van der Waals surface area contributed by atoms with Crippen molar-refractivity contribution >= 4 is 0 Å². The van der Waals surface area contributed by atoms with Crippen LogP contribution in [0.3, 0.4) is 0 Å². The molecule has 0 radical (unpaired) electrons. The monoisotopic (exact) mass is 404 g/mol. The summed E-state index contributed by atoms with van der Waals surface area (Å²) in [6.07, 6.45) is 24.5. The molecule has 2 nitrogen and oxygen atoms in total. The van der Waals surface area contributed by atoms with Crippen LogP contribution in [0.5, 0.6) is 0 Å². The van der Waals surface area contributed by atoms with E-state index >= 15 is 0 Å². The first kappa shape index (κ1) is 29.4. The highest BCUT2D eigenvalue weighted by Crippen LogP contribution is 2.13. The molecule has 0 spiro atoms. The van der Waals surface area contributed by atoms with Crippen LogP contribution >= 0.6 is 0 Å². The first-order valence-electron chi connectivity index (χ1n) is 12.1. The molecule has 0 aliphatic rings. The summed E-state index contributed by atoms with van der Waals surface area (Å²) in [6, 6.07) is 0. The molecule has 0 aliphatic carbocycles. The van der Waals surface area contributed by atoms with Gasteiger partial charge in [0.1, 0.15) is 0 Å². The van der Waals surface area contributed by atoms with Crippen LogP contribution in [-0.2, 0) is 0 Å². The van der Waals surface area contributed by atoms with Gasteiger partial charge < -0.3 is 22.2 Å². The van der Waals surface area contributed by atoms with Crippen LogP contribution in [-0.4, -0.2) is 45.3 Å². The molecule has 0 aromatic rings. The van der Waals surface area contributed by atoms with Gasteiger partial charge in [0.25, 0.3) is 0 Å². The summed E-state index contributed by atoms with van der Waals surface area (Å²) in [7, 11) is 6.82. The number of rotatable bonds is 21. The van der Waals surface area contributed by atoms with Crippen LogP contribution < -0.4 is 17.7 Å². The van der Waals surface area contributed by atoms with Crippen LogP contribution in [0.4, 0.5) is 0 Å². The summed E-state index contributed by atoms with van der Waals surface area (Å²) in [4.78, 5) is 0. The van der Waals surface area contributed by atoms with Gasteiger partial charge in [0, 0.05) is 13.0 Å². The van der Waals surface area contributed by atoms with Gasteiger partial charge in [0.05, 0.1) is 27.7 Å². The zero-order valence-electron chi connectivity index (χ0n) is 19.5. The Hall–Kier alpha value is 0.210. The molecular formula is C24H53ClN2. The molecule has 27 heavy (non-hydrogen) atoms. The SMILES string of the molecule is CCCCCCCCCCCCCCCCCCNCCC[N+](C)(C)C.[Cl-]. The van der Waals surface area contributed by atoms with E-state index in [0.717, 1.165) is 4.48 Å². The van der Waals surface area contributed by atoms with Crippen molar-refractivity contribution in [1.29, 1.82) is 0 Å². The third-order valence-corrected chi connectivity index (χ3v) is 5.39. The van der Waals surface area contributed by atoms with Crippen molar-refractivity contribution in [2.75, 3.05) is 40.8 Å². The summed E-state index contributed by atoms with van der Waals surface area (Å²) in [5.41, 5.74) is 0. The van der Waals surface area contributed by atoms with Gasteiger partial charge in [-0.25, -0.2) is 0 Å². The summed E-state index contributed by atoms with van der Waals surface area (Å²) < 4.78 is 1.08. The standard InChI is InChI=1S/C24H53N2.ClH/c1-5-6-7-8-9-10-11-12-13-14-15-16-17-18-19-20-22-25-23-21-24-26(2,3)4;/h25H,5-24H2,1-4H3;1H/q+1;/p-1. The molecule has 1 N–H and O–H groups in total. The van der Waals surface area contributed by atoms with Crippen molar-refractivity contribution in [1.82, 2.24) is 5.32 Å². The van der Waals surface area contributed by atoms with Gasteiger partial charge in [-0.2, -0.15) is 0 Å². The van der Waals surface area contributed by atoms with E-state index in [2.05, 4.69) is 33.4 Å². The number of hydrogen-bond acceptors (Lipinski definition) is 1. The molecule has 3 heteroatoms. The predicted octanol–water partition coefficient (Wildman–Crippen LogP) is 3.94. The van der Waals surface area contributed by atoms with Crippen molar-refractivity contribution in [2.45, 2.75) is 116 Å². The fourth-order valence-corrected chi connectivity index (χ4v) is 3.60. The van der Waals surface area contributed by atoms with E-state index < -0.39 is 0 Å². The largest absolute Gasteiger partial charge is 1.00 e. The Bertz CT molecular complexity index is 264. The minimum Gasteiger partial charge on any atom is -1.00 e. The Morgan fingerprint density at radius 1 is 0.481 bits per heavy atom. The first-order chi connectivity index (χ1) is 12.6. The van der Waals surface area contributed by atoms with Gasteiger partial charge in [-0.3, -0.25) is 0 Å². The van der Waals surface area contributed by atoms with Crippen LogP contribution in [0.1, 0.15) is 116 Å². The van der Waals surface area contributed by atoms with Crippen LogP contribution in [0.15, 0.2) is 0 Å². The fourth-order valence-electron chi connectivity index (χ4n) is 3.60. The van der Waals surface area contributed by atoms with E-state index in [0.29, 0.717) is 0 Å². The van der Waals surface area contributed by atoms with Crippen molar-refractivity contribution in [3.05, 3.63) is 0 Å². The third-order valence-electron chi connectivity index (χ3n) is 5.39. The molecule has 0 saturated carbocycles. The molecule has 0 fully saturated rings. The molecular weight excluding hydrogens is 352 g/mol. The van der Waals surface area contributed by atoms with Gasteiger partial charge in [0.15, 0.2) is 0 Å². The first-order valence-corrected chi connectivity index (χ1v) is 12.1. The maximum absolute atomic E-state index is 3.60. The average molecular weight is 405 g/mol. The summed E-state index contributed by atoms with van der Waals surface area (Å²) in [5.74, 6) is 0. The number of quaternary nitrogens is 1. The van der Waals surface area contributed by atoms with Gasteiger partial charge in [-0.15, -0.1) is 0 Å². The minimum atomic E-state index is 0. The molecule has 0 heterocycles. The summed E-state index contributed by atoms with van der Waals surface area (Å²) in [5, 5.41) is 3.60. The van der Waals surface area contributed by atoms with Gasteiger partial charge >= 0.3 is 0 Å². The molecule has 0 aliphatic heterocycles. The Morgan fingerprint density at radius 3 is 1.19 bits per heavy atom. The normalized spacial score (nSPS) is 11.6. The lowest BCUT2D eigenvalue weighted by atomic mass is 10.0. The van der Waals surface area contributed by atoms with Crippen LogP contribution in [0.25, 0.3) is 0 Å². The quantitative estimate of drug-likeness (QED) is 0.225. The Morgan fingerprint density at radius 2 is 0.815 bits per heavy atom. The zero-order valence-corrected chi connectivity index (χ0v) is 20.2. The number of nitrogens with zero attached hydrogens (tertiary/aromatic N) is 1. The van der Waals surface area contributed by atoms with E-state index in [1.54, 1.807) is 0 Å². The lowest BCUT2D eigenvalue weighted by molar-refractivity contribution is -0.870. The summed E-state index contributed by atoms with van der Waals surface area (Å²) >= 11 is 0. The van der Waals surface area contributed by atoms with E-state index in [1.807, 2.05) is 0 Å². The second-order valence-corrected chi connectivity index (χ2v) is 9.42. The van der Waals surface area contributed by atoms with E-state index in [-0.39, 0.29) is 12.4 Å². The van der Waals surface area contributed by atoms with Gasteiger partial charge in [0.2, 0.25) is 0 Å². The minimum absolute atomic E-state index is 0. The molecule has 0 atom stereocenters. The molecule has 0 saturated heterocycles. The van der Waals surface area contributed by atoms with E-state index in [4.69, 9.17) is 0 Å². The highest BCUT2D eigenvalue weighted by molar-refractivity contribution is 4.52. The fraction of sp³-hybridized carbons (Fsp3) is 1.00. The number of hydrogen-bond donors (Lipinski definition) is 1. The number of halogens is 1. The number of unbranched alkanes of at least 4 members (excludes halogenated alkanes) is 15. The molecule has 0 aromatic heterocycles. The molecule has 0 amide bonds. The Balaban J connectivity index is 0. The highest BCUT2D eigenvalue weighted by atomic mass is 35.5. The Kier molecular flexibility index (Phi) is 24.5. The molecule has 0 bridgehead atoms. The third kappa shape index (κ3) is 28.5. The molecule has 0 aromatic carbocycles. The van der Waals surface area contributed by atoms with Crippen molar-refractivity contribution in [2.24, 2.45) is 0 Å². The number of nitrogens with one attached hydrogen (secondary N) is 1. The molecule has 166 valence electrons. The van der Waals surface area contributed by atoms with Gasteiger partial charge in [-0.1, -0.05) is 103 Å². The maximum atomic E-state index is 3.60. The smallest absolute Gasteiger partial charge is 0.0792 e. The second-order valence-electron chi connectivity index (χ2n) is 9.42. The van der Waals surface area contributed by atoms with Crippen molar-refractivity contribution < 1.29 is 16.9 Å². The lowest BCUT2D eigenvalue weighted by Gasteiger charge is -2.23. The lowest BCUT2D eigenvalue weighted by Crippen LogP contribution is -3.00. The predicted molar refractivity (Wildman–Crippen MR) is 120 cm³/mol. The van der Waals surface area contributed by atoms with Crippen molar-refractivity contribution in [3.8, 4) is 0 Å². The molecule has 0 rings (SSSR count). The zero-order chi connectivity index (χ0) is 19.3. The maximum Gasteiger partial charge on any atom is 0.0792 e. The summed E-state index contributed by atoms with van der Waals surface area (Å²) in [6.45, 7) is 5.97. The van der Waals surface area contributed by atoms with Crippen LogP contribution in [0, 0.1) is 0 Å². The van der Waals surface area contributed by atoms with E-state index in [1.165, 1.54) is 129 Å². The topological polar surface area (TPSA) is 12.0 Å². The van der Waals surface area contributed by atoms with E-state index in [9.17, 15) is 0 Å². The van der Waals surface area contributed by atoms with Gasteiger partial charge in [-0.05, 0) is 13.0 Å². The van der Waals surface area contributed by atoms with Crippen LogP contribution in [0.2, 0.25) is 0 Å². The second kappa shape index (κ2) is 22.5. The highest BCUT2D eigenvalue weighted by Gasteiger charge is 2.04. The van der Waals surface area contributed by atoms with Crippen molar-refractivity contribution in [3.63, 3.8) is 0 Å².